The number of nitrogens with one attached hydrogen (secondary N) is 1. The molecule has 2 rings (SSSR count). The lowest BCUT2D eigenvalue weighted by atomic mass is 10.3. The number of nitrogens with zero attached hydrogens (tertiary/aromatic N) is 1. The minimum absolute atomic E-state index is 0.106. The molecule has 0 amide bonds. The van der Waals surface area contributed by atoms with Gasteiger partial charge in [0.1, 0.15) is 10.7 Å². The Morgan fingerprint density at radius 2 is 1.92 bits per heavy atom. The molecule has 4 nitrogen and oxygen atoms in total. The minimum Gasteiger partial charge on any atom is -0.309 e. The second-order valence-electron chi connectivity index (χ2n) is 5.33. The number of thioether (sulfide) groups is 1. The monoisotopic (exact) mass is 432 g/mol. The van der Waals surface area contributed by atoms with Crippen molar-refractivity contribution in [2.24, 2.45) is 0 Å². The second-order valence-corrected chi connectivity index (χ2v) is 8.97. The summed E-state index contributed by atoms with van der Waals surface area (Å²) in [4.78, 5) is 2.63. The molecule has 0 atom stereocenters. The van der Waals surface area contributed by atoms with E-state index in [-0.39, 0.29) is 10.6 Å². The van der Waals surface area contributed by atoms with Crippen molar-refractivity contribution < 1.29 is 12.8 Å². The van der Waals surface area contributed by atoms with Crippen LogP contribution in [0.25, 0.3) is 0 Å². The standard InChI is InChI=1S/C16H18BrFN2O2S2/c1-20(2)9-10-23-15-8-7-12(11-14(15)18)19-24(21,22)16-6-4-3-5-13(16)17/h3-8,11,19H,9-10H2,1-2H3. The van der Waals surface area contributed by atoms with E-state index in [1.807, 2.05) is 19.0 Å². The quantitative estimate of drug-likeness (QED) is 0.670. The lowest BCUT2D eigenvalue weighted by Crippen LogP contribution is -2.15. The first kappa shape index (κ1) is 19.2. The summed E-state index contributed by atoms with van der Waals surface area (Å²) in [6.07, 6.45) is 0. The van der Waals surface area contributed by atoms with Crippen LogP contribution in [0, 0.1) is 5.82 Å². The molecule has 0 fully saturated rings. The average Bonchev–Trinajstić information content (AvgIpc) is 2.49. The predicted octanol–water partition coefficient (Wildman–Crippen LogP) is 4.04. The van der Waals surface area contributed by atoms with Gasteiger partial charge in [0, 0.05) is 21.7 Å². The predicted molar refractivity (Wildman–Crippen MR) is 101 cm³/mol. The Labute approximate surface area is 154 Å². The van der Waals surface area contributed by atoms with Gasteiger partial charge in [0.25, 0.3) is 10.0 Å². The van der Waals surface area contributed by atoms with E-state index in [4.69, 9.17) is 0 Å². The summed E-state index contributed by atoms with van der Waals surface area (Å²) in [6, 6.07) is 10.8. The zero-order valence-electron chi connectivity index (χ0n) is 13.3. The topological polar surface area (TPSA) is 49.4 Å². The summed E-state index contributed by atoms with van der Waals surface area (Å²) in [7, 11) is 0.131. The van der Waals surface area contributed by atoms with Gasteiger partial charge in [-0.05, 0) is 60.4 Å². The van der Waals surface area contributed by atoms with Crippen LogP contribution in [-0.2, 0) is 10.0 Å². The molecule has 0 aliphatic heterocycles. The molecule has 0 saturated carbocycles. The maximum atomic E-state index is 14.2. The van der Waals surface area contributed by atoms with Gasteiger partial charge < -0.3 is 4.90 Å². The number of hydrogen-bond acceptors (Lipinski definition) is 4. The highest BCUT2D eigenvalue weighted by atomic mass is 79.9. The van der Waals surface area contributed by atoms with Crippen LogP contribution in [-0.4, -0.2) is 39.7 Å². The number of halogens is 2. The highest BCUT2D eigenvalue weighted by molar-refractivity contribution is 9.10. The zero-order valence-corrected chi connectivity index (χ0v) is 16.5. The van der Waals surface area contributed by atoms with Gasteiger partial charge in [0.05, 0.1) is 5.69 Å². The van der Waals surface area contributed by atoms with Crippen molar-refractivity contribution >= 4 is 43.4 Å². The molecule has 130 valence electrons. The molecule has 0 aliphatic carbocycles. The number of sulfonamides is 1. The highest BCUT2D eigenvalue weighted by Crippen LogP contribution is 2.27. The third-order valence-electron chi connectivity index (χ3n) is 3.11. The Hall–Kier alpha value is -1.09. The number of benzene rings is 2. The average molecular weight is 433 g/mol. The van der Waals surface area contributed by atoms with E-state index in [9.17, 15) is 12.8 Å². The molecule has 0 heterocycles. The minimum atomic E-state index is -3.78. The van der Waals surface area contributed by atoms with Crippen LogP contribution in [0.4, 0.5) is 10.1 Å². The van der Waals surface area contributed by atoms with Gasteiger partial charge in [-0.2, -0.15) is 0 Å². The van der Waals surface area contributed by atoms with Crippen LogP contribution in [0.15, 0.2) is 56.7 Å². The first-order valence-corrected chi connectivity index (χ1v) is 10.4. The van der Waals surface area contributed by atoms with E-state index in [1.54, 1.807) is 30.3 Å². The van der Waals surface area contributed by atoms with Crippen LogP contribution in [0.5, 0.6) is 0 Å². The maximum Gasteiger partial charge on any atom is 0.263 e. The molecule has 2 aromatic carbocycles. The molecule has 0 radical (unpaired) electrons. The van der Waals surface area contributed by atoms with Gasteiger partial charge >= 0.3 is 0 Å². The van der Waals surface area contributed by atoms with Crippen LogP contribution in [0.3, 0.4) is 0 Å². The summed E-state index contributed by atoms with van der Waals surface area (Å²) < 4.78 is 41.8. The molecule has 0 bridgehead atoms. The van der Waals surface area contributed by atoms with Crippen LogP contribution in [0.2, 0.25) is 0 Å². The Balaban J connectivity index is 2.13. The normalized spacial score (nSPS) is 11.7. The van der Waals surface area contributed by atoms with E-state index < -0.39 is 15.8 Å². The van der Waals surface area contributed by atoms with Crippen molar-refractivity contribution in [3.63, 3.8) is 0 Å². The van der Waals surface area contributed by atoms with Crippen LogP contribution < -0.4 is 4.72 Å². The second kappa shape index (κ2) is 8.33. The lowest BCUT2D eigenvalue weighted by molar-refractivity contribution is 0.437. The number of anilines is 1. The highest BCUT2D eigenvalue weighted by Gasteiger charge is 2.17. The van der Waals surface area contributed by atoms with E-state index in [0.29, 0.717) is 9.37 Å². The Kier molecular flexibility index (Phi) is 6.68. The molecular formula is C16H18BrFN2O2S2. The fourth-order valence-electron chi connectivity index (χ4n) is 1.89. The Morgan fingerprint density at radius 1 is 1.21 bits per heavy atom. The molecule has 2 aromatic rings. The van der Waals surface area contributed by atoms with E-state index >= 15 is 0 Å². The van der Waals surface area contributed by atoms with Gasteiger partial charge in [-0.15, -0.1) is 11.8 Å². The van der Waals surface area contributed by atoms with Crippen molar-refractivity contribution in [3.05, 3.63) is 52.8 Å². The van der Waals surface area contributed by atoms with Gasteiger partial charge in [-0.3, -0.25) is 4.72 Å². The van der Waals surface area contributed by atoms with Crippen molar-refractivity contribution in [1.29, 1.82) is 0 Å². The largest absolute Gasteiger partial charge is 0.309 e. The number of hydrogen-bond donors (Lipinski definition) is 1. The maximum absolute atomic E-state index is 14.2. The lowest BCUT2D eigenvalue weighted by Gasteiger charge is -2.12. The van der Waals surface area contributed by atoms with Gasteiger partial charge in [0.15, 0.2) is 0 Å². The fraction of sp³-hybridized carbons (Fsp3) is 0.250. The molecule has 8 heteroatoms. The van der Waals surface area contributed by atoms with Crippen molar-refractivity contribution in [1.82, 2.24) is 4.90 Å². The molecule has 0 unspecified atom stereocenters. The molecule has 1 N–H and O–H groups in total. The molecule has 0 saturated heterocycles. The van der Waals surface area contributed by atoms with E-state index in [0.717, 1.165) is 12.3 Å². The van der Waals surface area contributed by atoms with Crippen LogP contribution in [0.1, 0.15) is 0 Å². The van der Waals surface area contributed by atoms with E-state index in [2.05, 4.69) is 20.7 Å². The first-order valence-electron chi connectivity index (χ1n) is 7.14. The summed E-state index contributed by atoms with van der Waals surface area (Å²) in [6.45, 7) is 0.834. The smallest absolute Gasteiger partial charge is 0.263 e. The first-order chi connectivity index (χ1) is 11.3. The Bertz CT molecular complexity index is 813. The molecule has 0 aliphatic rings. The van der Waals surface area contributed by atoms with Crippen molar-refractivity contribution in [2.45, 2.75) is 9.79 Å². The van der Waals surface area contributed by atoms with E-state index in [1.165, 1.54) is 23.9 Å². The van der Waals surface area contributed by atoms with Gasteiger partial charge in [-0.1, -0.05) is 12.1 Å². The van der Waals surface area contributed by atoms with Crippen molar-refractivity contribution in [2.75, 3.05) is 31.1 Å². The molecular weight excluding hydrogens is 415 g/mol. The Morgan fingerprint density at radius 3 is 2.54 bits per heavy atom. The van der Waals surface area contributed by atoms with Gasteiger partial charge in [0.2, 0.25) is 0 Å². The van der Waals surface area contributed by atoms with Gasteiger partial charge in [-0.25, -0.2) is 12.8 Å². The SMILES string of the molecule is CN(C)CCSc1ccc(NS(=O)(=O)c2ccccc2Br)cc1F. The molecule has 24 heavy (non-hydrogen) atoms. The fourth-order valence-corrected chi connectivity index (χ4v) is 4.98. The van der Waals surface area contributed by atoms with Crippen molar-refractivity contribution in [3.8, 4) is 0 Å². The zero-order chi connectivity index (χ0) is 17.7. The summed E-state index contributed by atoms with van der Waals surface area (Å²) in [5, 5.41) is 0. The molecule has 0 spiro atoms. The summed E-state index contributed by atoms with van der Waals surface area (Å²) >= 11 is 4.61. The summed E-state index contributed by atoms with van der Waals surface area (Å²) in [5.74, 6) is 0.317. The molecule has 0 aromatic heterocycles. The third-order valence-corrected chi connectivity index (χ3v) is 6.53. The number of rotatable bonds is 7. The van der Waals surface area contributed by atoms with Crippen LogP contribution >= 0.6 is 27.7 Å². The third kappa shape index (κ3) is 5.20. The summed E-state index contributed by atoms with van der Waals surface area (Å²) in [5.41, 5.74) is 0.195.